The number of rotatable bonds is 6. The highest BCUT2D eigenvalue weighted by atomic mass is 32.1. The molecule has 0 unspecified atom stereocenters. The topological polar surface area (TPSA) is 82.5 Å². The van der Waals surface area contributed by atoms with Crippen LogP contribution in [0, 0.1) is 0 Å². The van der Waals surface area contributed by atoms with Crippen LogP contribution in [0.25, 0.3) is 11.3 Å². The van der Waals surface area contributed by atoms with Gasteiger partial charge in [-0.05, 0) is 25.3 Å². The largest absolute Gasteiger partial charge is 0.480 e. The van der Waals surface area contributed by atoms with Gasteiger partial charge in [-0.25, -0.2) is 4.98 Å². The SMILES string of the molecule is CC(C)c1sc(NC(=O)CN2CCC[C@@H]2C(=O)O)nc1-c1ccccc1. The molecular weight excluding hydrogens is 350 g/mol. The van der Waals surface area contributed by atoms with Crippen LogP contribution in [0.15, 0.2) is 30.3 Å². The first-order valence-electron chi connectivity index (χ1n) is 8.78. The van der Waals surface area contributed by atoms with Gasteiger partial charge in [0.2, 0.25) is 5.91 Å². The van der Waals surface area contributed by atoms with Crippen molar-refractivity contribution in [2.45, 2.75) is 38.6 Å². The number of hydrogen-bond acceptors (Lipinski definition) is 5. The first-order valence-corrected chi connectivity index (χ1v) is 9.60. The minimum Gasteiger partial charge on any atom is -0.480 e. The molecule has 0 aliphatic carbocycles. The van der Waals surface area contributed by atoms with E-state index in [1.807, 2.05) is 30.3 Å². The quantitative estimate of drug-likeness (QED) is 0.811. The average molecular weight is 373 g/mol. The summed E-state index contributed by atoms with van der Waals surface area (Å²) in [6.45, 7) is 4.92. The van der Waals surface area contributed by atoms with Gasteiger partial charge in [-0.1, -0.05) is 44.2 Å². The predicted octanol–water partition coefficient (Wildman–Crippen LogP) is 3.42. The molecule has 6 nitrogen and oxygen atoms in total. The van der Waals surface area contributed by atoms with E-state index in [1.54, 1.807) is 4.90 Å². The number of nitrogens with zero attached hydrogens (tertiary/aromatic N) is 2. The summed E-state index contributed by atoms with van der Waals surface area (Å²) in [5.74, 6) is -0.789. The van der Waals surface area contributed by atoms with E-state index in [4.69, 9.17) is 0 Å². The van der Waals surface area contributed by atoms with Gasteiger partial charge in [0.1, 0.15) is 6.04 Å². The Balaban J connectivity index is 1.74. The number of amides is 1. The molecule has 3 rings (SSSR count). The molecule has 2 N–H and O–H groups in total. The third kappa shape index (κ3) is 4.11. The third-order valence-electron chi connectivity index (χ3n) is 4.47. The highest BCUT2D eigenvalue weighted by molar-refractivity contribution is 7.16. The van der Waals surface area contributed by atoms with Crippen molar-refractivity contribution in [3.63, 3.8) is 0 Å². The lowest BCUT2D eigenvalue weighted by molar-refractivity contribution is -0.142. The summed E-state index contributed by atoms with van der Waals surface area (Å²) in [5, 5.41) is 12.6. The van der Waals surface area contributed by atoms with Crippen molar-refractivity contribution in [3.05, 3.63) is 35.2 Å². The van der Waals surface area contributed by atoms with E-state index in [0.29, 0.717) is 24.0 Å². The van der Waals surface area contributed by atoms with Gasteiger partial charge in [0.15, 0.2) is 5.13 Å². The summed E-state index contributed by atoms with van der Waals surface area (Å²) in [5.41, 5.74) is 1.92. The number of carboxylic acid groups (broad SMARTS) is 1. The molecule has 138 valence electrons. The zero-order valence-corrected chi connectivity index (χ0v) is 15.8. The molecule has 1 aliphatic heterocycles. The lowest BCUT2D eigenvalue weighted by atomic mass is 10.1. The van der Waals surface area contributed by atoms with Crippen LogP contribution in [0.3, 0.4) is 0 Å². The van der Waals surface area contributed by atoms with Crippen LogP contribution < -0.4 is 5.32 Å². The molecule has 1 saturated heterocycles. The Morgan fingerprint density at radius 3 is 2.73 bits per heavy atom. The van der Waals surface area contributed by atoms with Gasteiger partial charge in [-0.2, -0.15) is 0 Å². The number of anilines is 1. The van der Waals surface area contributed by atoms with Crippen LogP contribution in [0.2, 0.25) is 0 Å². The van der Waals surface area contributed by atoms with Crippen LogP contribution in [0.5, 0.6) is 0 Å². The van der Waals surface area contributed by atoms with Crippen molar-refractivity contribution in [1.29, 1.82) is 0 Å². The molecule has 26 heavy (non-hydrogen) atoms. The van der Waals surface area contributed by atoms with Crippen LogP contribution in [-0.2, 0) is 9.59 Å². The molecule has 1 aromatic carbocycles. The minimum atomic E-state index is -0.863. The van der Waals surface area contributed by atoms with Crippen molar-refractivity contribution in [1.82, 2.24) is 9.88 Å². The van der Waals surface area contributed by atoms with E-state index < -0.39 is 12.0 Å². The molecule has 1 aliphatic rings. The normalized spacial score (nSPS) is 17.6. The molecule has 1 aromatic heterocycles. The molecule has 1 fully saturated rings. The Labute approximate surface area is 156 Å². The second-order valence-electron chi connectivity index (χ2n) is 6.77. The van der Waals surface area contributed by atoms with E-state index in [9.17, 15) is 14.7 Å². The molecular formula is C19H23N3O3S. The Morgan fingerprint density at radius 1 is 1.35 bits per heavy atom. The van der Waals surface area contributed by atoms with Crippen molar-refractivity contribution >= 4 is 28.3 Å². The number of aliphatic carboxylic acids is 1. The number of hydrogen-bond donors (Lipinski definition) is 2. The number of thiazole rings is 1. The zero-order chi connectivity index (χ0) is 18.7. The number of benzene rings is 1. The maximum Gasteiger partial charge on any atom is 0.320 e. The molecule has 0 radical (unpaired) electrons. The lowest BCUT2D eigenvalue weighted by Gasteiger charge is -2.19. The fourth-order valence-corrected chi connectivity index (χ4v) is 4.22. The Morgan fingerprint density at radius 2 is 2.08 bits per heavy atom. The molecule has 0 spiro atoms. The van der Waals surface area contributed by atoms with Crippen molar-refractivity contribution in [2.24, 2.45) is 0 Å². The average Bonchev–Trinajstić information content (AvgIpc) is 3.22. The van der Waals surface area contributed by atoms with Crippen molar-refractivity contribution < 1.29 is 14.7 Å². The van der Waals surface area contributed by atoms with E-state index in [2.05, 4.69) is 24.1 Å². The number of carbonyl (C=O) groups is 2. The van der Waals surface area contributed by atoms with Crippen LogP contribution >= 0.6 is 11.3 Å². The number of likely N-dealkylation sites (tertiary alicyclic amines) is 1. The fraction of sp³-hybridized carbons (Fsp3) is 0.421. The Kier molecular flexibility index (Phi) is 5.68. The van der Waals surface area contributed by atoms with Gasteiger partial charge in [-0.15, -0.1) is 11.3 Å². The number of nitrogens with one attached hydrogen (secondary N) is 1. The molecule has 2 heterocycles. The fourth-order valence-electron chi connectivity index (χ4n) is 3.22. The van der Waals surface area contributed by atoms with E-state index in [0.717, 1.165) is 22.6 Å². The second kappa shape index (κ2) is 7.97. The van der Waals surface area contributed by atoms with Crippen LogP contribution in [0.1, 0.15) is 37.5 Å². The summed E-state index contributed by atoms with van der Waals surface area (Å²) in [6.07, 6.45) is 1.40. The third-order valence-corrected chi connectivity index (χ3v) is 5.74. The zero-order valence-electron chi connectivity index (χ0n) is 14.9. The summed E-state index contributed by atoms with van der Waals surface area (Å²) in [7, 11) is 0. The van der Waals surface area contributed by atoms with Gasteiger partial charge >= 0.3 is 5.97 Å². The van der Waals surface area contributed by atoms with Crippen molar-refractivity contribution in [2.75, 3.05) is 18.4 Å². The molecule has 2 aromatic rings. The minimum absolute atomic E-state index is 0.0776. The number of aromatic nitrogens is 1. The Bertz CT molecular complexity index is 789. The first kappa shape index (κ1) is 18.5. The molecule has 7 heteroatoms. The summed E-state index contributed by atoms with van der Waals surface area (Å²) in [6, 6.07) is 9.35. The maximum atomic E-state index is 12.4. The summed E-state index contributed by atoms with van der Waals surface area (Å²) < 4.78 is 0. The highest BCUT2D eigenvalue weighted by Gasteiger charge is 2.31. The monoisotopic (exact) mass is 373 g/mol. The van der Waals surface area contributed by atoms with E-state index >= 15 is 0 Å². The van der Waals surface area contributed by atoms with Gasteiger partial charge in [0, 0.05) is 10.4 Å². The summed E-state index contributed by atoms with van der Waals surface area (Å²) >= 11 is 1.48. The van der Waals surface area contributed by atoms with E-state index in [1.165, 1.54) is 11.3 Å². The highest BCUT2D eigenvalue weighted by Crippen LogP contribution is 2.36. The first-order chi connectivity index (χ1) is 12.5. The van der Waals surface area contributed by atoms with Crippen LogP contribution in [0.4, 0.5) is 5.13 Å². The smallest absolute Gasteiger partial charge is 0.320 e. The lowest BCUT2D eigenvalue weighted by Crippen LogP contribution is -2.40. The maximum absolute atomic E-state index is 12.4. The number of carboxylic acids is 1. The van der Waals surface area contributed by atoms with Crippen LogP contribution in [-0.4, -0.2) is 46.0 Å². The molecule has 1 atom stereocenters. The Hall–Kier alpha value is -2.25. The molecule has 0 saturated carbocycles. The van der Waals surface area contributed by atoms with E-state index in [-0.39, 0.29) is 12.5 Å². The van der Waals surface area contributed by atoms with Gasteiger partial charge in [0.25, 0.3) is 0 Å². The molecule has 0 bridgehead atoms. The van der Waals surface area contributed by atoms with Crippen molar-refractivity contribution in [3.8, 4) is 11.3 Å². The number of carbonyl (C=O) groups excluding carboxylic acids is 1. The molecule has 1 amide bonds. The predicted molar refractivity (Wildman–Crippen MR) is 102 cm³/mol. The summed E-state index contributed by atoms with van der Waals surface area (Å²) in [4.78, 5) is 31.1. The van der Waals surface area contributed by atoms with Gasteiger partial charge in [-0.3, -0.25) is 14.5 Å². The second-order valence-corrected chi connectivity index (χ2v) is 7.80. The van der Waals surface area contributed by atoms with Gasteiger partial charge in [0.05, 0.1) is 12.2 Å². The van der Waals surface area contributed by atoms with Gasteiger partial charge < -0.3 is 10.4 Å². The standard InChI is InChI=1S/C19H23N3O3S/c1-12(2)17-16(13-7-4-3-5-8-13)21-19(26-17)20-15(23)11-22-10-6-9-14(22)18(24)25/h3-5,7-8,12,14H,6,9-11H2,1-2H3,(H,24,25)(H,20,21,23)/t14-/m1/s1.